The number of primary amides is 1. The van der Waals surface area contributed by atoms with Crippen LogP contribution in [0.5, 0.6) is 0 Å². The molecule has 0 spiro atoms. The number of carbonyl (C=O) groups is 1. The number of nitrogens with two attached hydrogens (primary N) is 2. The summed E-state index contributed by atoms with van der Waals surface area (Å²) in [5.74, 6) is 5.54. The SMILES string of the molecule is CC(C)CN(N)C(N)=O. The zero-order chi connectivity index (χ0) is 7.44. The lowest BCUT2D eigenvalue weighted by molar-refractivity contribution is 0.202. The van der Waals surface area contributed by atoms with Crippen molar-refractivity contribution in [3.8, 4) is 0 Å². The van der Waals surface area contributed by atoms with Crippen molar-refractivity contribution in [1.82, 2.24) is 5.01 Å². The molecule has 0 saturated heterocycles. The van der Waals surface area contributed by atoms with Crippen molar-refractivity contribution in [2.75, 3.05) is 6.54 Å². The molecule has 0 aromatic heterocycles. The maximum absolute atomic E-state index is 10.3. The van der Waals surface area contributed by atoms with Gasteiger partial charge in [-0.2, -0.15) is 0 Å². The van der Waals surface area contributed by atoms with Gasteiger partial charge in [0.2, 0.25) is 0 Å². The molecule has 0 aromatic rings. The number of hydrogen-bond donors (Lipinski definition) is 2. The Morgan fingerprint density at radius 2 is 2.11 bits per heavy atom. The van der Waals surface area contributed by atoms with Crippen LogP contribution in [0.25, 0.3) is 0 Å². The lowest BCUT2D eigenvalue weighted by atomic mass is 10.2. The lowest BCUT2D eigenvalue weighted by Crippen LogP contribution is -2.43. The van der Waals surface area contributed by atoms with E-state index in [1.165, 1.54) is 0 Å². The van der Waals surface area contributed by atoms with Gasteiger partial charge in [0, 0.05) is 6.54 Å². The van der Waals surface area contributed by atoms with Gasteiger partial charge in [0.1, 0.15) is 0 Å². The zero-order valence-electron chi connectivity index (χ0n) is 5.79. The van der Waals surface area contributed by atoms with E-state index in [9.17, 15) is 4.79 Å². The molecule has 54 valence electrons. The van der Waals surface area contributed by atoms with Crippen molar-refractivity contribution in [1.29, 1.82) is 0 Å². The first-order valence-electron chi connectivity index (χ1n) is 2.85. The first-order chi connectivity index (χ1) is 4.04. The van der Waals surface area contributed by atoms with Gasteiger partial charge in [-0.3, -0.25) is 5.01 Å². The molecule has 0 aliphatic carbocycles. The maximum Gasteiger partial charge on any atom is 0.328 e. The van der Waals surface area contributed by atoms with Crippen LogP contribution >= 0.6 is 0 Å². The number of rotatable bonds is 2. The summed E-state index contributed by atoms with van der Waals surface area (Å²) < 4.78 is 0. The fraction of sp³-hybridized carbons (Fsp3) is 0.800. The van der Waals surface area contributed by atoms with Gasteiger partial charge in [0.25, 0.3) is 0 Å². The molecule has 9 heavy (non-hydrogen) atoms. The number of urea groups is 1. The van der Waals surface area contributed by atoms with Gasteiger partial charge in [0.15, 0.2) is 0 Å². The Morgan fingerprint density at radius 3 is 2.22 bits per heavy atom. The van der Waals surface area contributed by atoms with Gasteiger partial charge in [0.05, 0.1) is 0 Å². The van der Waals surface area contributed by atoms with Crippen LogP contribution in [0.15, 0.2) is 0 Å². The highest BCUT2D eigenvalue weighted by Gasteiger charge is 2.04. The van der Waals surface area contributed by atoms with E-state index in [1.54, 1.807) is 0 Å². The highest BCUT2D eigenvalue weighted by atomic mass is 16.2. The maximum atomic E-state index is 10.3. The van der Waals surface area contributed by atoms with Gasteiger partial charge >= 0.3 is 6.03 Å². The van der Waals surface area contributed by atoms with Crippen molar-refractivity contribution in [2.45, 2.75) is 13.8 Å². The minimum Gasteiger partial charge on any atom is -0.350 e. The van der Waals surface area contributed by atoms with E-state index < -0.39 is 6.03 Å². The van der Waals surface area contributed by atoms with Crippen LogP contribution in [-0.2, 0) is 0 Å². The molecule has 0 radical (unpaired) electrons. The van der Waals surface area contributed by atoms with Crippen LogP contribution in [0.4, 0.5) is 4.79 Å². The predicted octanol–water partition coefficient (Wildman–Crippen LogP) is -0.103. The fourth-order valence-corrected chi connectivity index (χ4v) is 0.483. The van der Waals surface area contributed by atoms with Gasteiger partial charge in [-0.05, 0) is 5.92 Å². The average molecular weight is 131 g/mol. The molecule has 4 heteroatoms. The summed E-state index contributed by atoms with van der Waals surface area (Å²) in [5, 5.41) is 1.00. The Hall–Kier alpha value is -0.770. The van der Waals surface area contributed by atoms with Crippen molar-refractivity contribution >= 4 is 6.03 Å². The molecule has 4 N–H and O–H groups in total. The van der Waals surface area contributed by atoms with Gasteiger partial charge in [-0.1, -0.05) is 13.8 Å². The van der Waals surface area contributed by atoms with E-state index in [0.717, 1.165) is 5.01 Å². The second kappa shape index (κ2) is 3.29. The molecular weight excluding hydrogens is 118 g/mol. The minimum absolute atomic E-state index is 0.363. The zero-order valence-corrected chi connectivity index (χ0v) is 5.79. The summed E-state index contributed by atoms with van der Waals surface area (Å²) in [5.41, 5.74) is 4.85. The summed E-state index contributed by atoms with van der Waals surface area (Å²) in [6.07, 6.45) is 0. The second-order valence-corrected chi connectivity index (χ2v) is 2.38. The van der Waals surface area contributed by atoms with Crippen LogP contribution in [0, 0.1) is 5.92 Å². The Labute approximate surface area is 54.8 Å². The Bertz CT molecular complexity index is 102. The molecule has 0 bridgehead atoms. The van der Waals surface area contributed by atoms with Crippen molar-refractivity contribution < 1.29 is 4.79 Å². The minimum atomic E-state index is -0.580. The monoisotopic (exact) mass is 131 g/mol. The smallest absolute Gasteiger partial charge is 0.328 e. The summed E-state index contributed by atoms with van der Waals surface area (Å²) in [6, 6.07) is -0.580. The third kappa shape index (κ3) is 3.78. The second-order valence-electron chi connectivity index (χ2n) is 2.38. The molecule has 0 rings (SSSR count). The average Bonchev–Trinajstić information content (AvgIpc) is 1.63. The van der Waals surface area contributed by atoms with E-state index in [0.29, 0.717) is 12.5 Å². The van der Waals surface area contributed by atoms with Gasteiger partial charge < -0.3 is 5.73 Å². The van der Waals surface area contributed by atoms with E-state index in [1.807, 2.05) is 13.8 Å². The molecule has 0 aromatic carbocycles. The molecule has 2 amide bonds. The van der Waals surface area contributed by atoms with Gasteiger partial charge in [-0.25, -0.2) is 10.6 Å². The molecule has 0 fully saturated rings. The number of hydrazine groups is 1. The summed E-state index contributed by atoms with van der Waals surface area (Å²) in [6.45, 7) is 4.43. The molecular formula is C5H13N3O. The molecule has 0 saturated carbocycles. The van der Waals surface area contributed by atoms with E-state index in [4.69, 9.17) is 11.6 Å². The van der Waals surface area contributed by atoms with Crippen LogP contribution in [0.1, 0.15) is 13.8 Å². The Morgan fingerprint density at radius 1 is 1.67 bits per heavy atom. The predicted molar refractivity (Wildman–Crippen MR) is 35.3 cm³/mol. The third-order valence-corrected chi connectivity index (χ3v) is 0.845. The summed E-state index contributed by atoms with van der Waals surface area (Å²) >= 11 is 0. The van der Waals surface area contributed by atoms with E-state index in [-0.39, 0.29) is 0 Å². The molecule has 0 heterocycles. The summed E-state index contributed by atoms with van der Waals surface area (Å²) in [4.78, 5) is 10.3. The number of hydrogen-bond acceptors (Lipinski definition) is 2. The van der Waals surface area contributed by atoms with Crippen molar-refractivity contribution in [2.24, 2.45) is 17.5 Å². The van der Waals surface area contributed by atoms with E-state index >= 15 is 0 Å². The lowest BCUT2D eigenvalue weighted by Gasteiger charge is -2.15. The number of nitrogens with zero attached hydrogens (tertiary/aromatic N) is 1. The van der Waals surface area contributed by atoms with E-state index in [2.05, 4.69) is 0 Å². The molecule has 0 unspecified atom stereocenters. The number of carbonyl (C=O) groups excluding carboxylic acids is 1. The normalized spacial score (nSPS) is 9.78. The quantitative estimate of drug-likeness (QED) is 0.312. The highest BCUT2D eigenvalue weighted by molar-refractivity contribution is 5.71. The van der Waals surface area contributed by atoms with Crippen LogP contribution in [0.3, 0.4) is 0 Å². The van der Waals surface area contributed by atoms with Crippen molar-refractivity contribution in [3.05, 3.63) is 0 Å². The molecule has 0 aliphatic rings. The fourth-order valence-electron chi connectivity index (χ4n) is 0.483. The van der Waals surface area contributed by atoms with Crippen LogP contribution < -0.4 is 11.6 Å². The topological polar surface area (TPSA) is 72.3 Å². The first kappa shape index (κ1) is 8.23. The standard InChI is InChI=1S/C5H13N3O/c1-4(2)3-8(7)5(6)9/h4H,3,7H2,1-2H3,(H2,6,9). The largest absolute Gasteiger partial charge is 0.350 e. The number of amides is 2. The Kier molecular flexibility index (Phi) is 3.01. The van der Waals surface area contributed by atoms with Gasteiger partial charge in [-0.15, -0.1) is 0 Å². The molecule has 0 atom stereocenters. The Balaban J connectivity index is 3.50. The highest BCUT2D eigenvalue weighted by Crippen LogP contribution is 1.91. The molecule has 4 nitrogen and oxygen atoms in total. The third-order valence-electron chi connectivity index (χ3n) is 0.845. The van der Waals surface area contributed by atoms with Crippen molar-refractivity contribution in [3.63, 3.8) is 0 Å². The first-order valence-corrected chi connectivity index (χ1v) is 2.85. The summed E-state index contributed by atoms with van der Waals surface area (Å²) in [7, 11) is 0. The molecule has 0 aliphatic heterocycles. The van der Waals surface area contributed by atoms with Crippen LogP contribution in [-0.4, -0.2) is 17.6 Å². The van der Waals surface area contributed by atoms with Crippen LogP contribution in [0.2, 0.25) is 0 Å².